The number of nitrogens with zero attached hydrogens (tertiary/aromatic N) is 4. The molecular formula is C24H32N6O2. The van der Waals surface area contributed by atoms with Crippen LogP contribution in [0.5, 0.6) is 5.88 Å². The highest BCUT2D eigenvalue weighted by Gasteiger charge is 2.08. The molecule has 0 atom stereocenters. The van der Waals surface area contributed by atoms with Gasteiger partial charge in [0.2, 0.25) is 5.88 Å². The molecule has 0 fully saturated rings. The summed E-state index contributed by atoms with van der Waals surface area (Å²) in [7, 11) is 5.65. The topological polar surface area (TPSA) is 111 Å². The summed E-state index contributed by atoms with van der Waals surface area (Å²) in [5, 5.41) is 1.60. The van der Waals surface area contributed by atoms with Crippen LogP contribution >= 0.6 is 0 Å². The predicted molar refractivity (Wildman–Crippen MR) is 129 cm³/mol. The molecule has 0 saturated heterocycles. The SMILES string of the molecule is COc1ccc2nccc(/C(N)=C/N(N)CCCN(C)C)c2n1.Cc1ccccc1C=O. The van der Waals surface area contributed by atoms with Crippen molar-refractivity contribution >= 4 is 23.0 Å². The summed E-state index contributed by atoms with van der Waals surface area (Å²) in [6, 6.07) is 13.0. The number of aldehydes is 1. The maximum absolute atomic E-state index is 10.2. The maximum atomic E-state index is 10.2. The van der Waals surface area contributed by atoms with E-state index in [4.69, 9.17) is 16.3 Å². The second-order valence-corrected chi connectivity index (χ2v) is 7.53. The molecule has 8 nitrogen and oxygen atoms in total. The third-order valence-electron chi connectivity index (χ3n) is 4.72. The van der Waals surface area contributed by atoms with Crippen molar-refractivity contribution in [3.63, 3.8) is 0 Å². The first-order valence-corrected chi connectivity index (χ1v) is 10.3. The van der Waals surface area contributed by atoms with Crippen molar-refractivity contribution in [3.8, 4) is 5.88 Å². The molecule has 1 aromatic carbocycles. The van der Waals surface area contributed by atoms with Crippen molar-refractivity contribution in [1.82, 2.24) is 19.9 Å². The van der Waals surface area contributed by atoms with Gasteiger partial charge in [0, 0.05) is 36.1 Å². The molecule has 8 heteroatoms. The minimum atomic E-state index is 0.523. The number of hydrogen-bond donors (Lipinski definition) is 2. The van der Waals surface area contributed by atoms with Gasteiger partial charge in [0.15, 0.2) is 0 Å². The lowest BCUT2D eigenvalue weighted by molar-refractivity contribution is 0.112. The second-order valence-electron chi connectivity index (χ2n) is 7.53. The molecule has 170 valence electrons. The molecule has 2 heterocycles. The summed E-state index contributed by atoms with van der Waals surface area (Å²) in [6.45, 7) is 3.61. The average Bonchev–Trinajstić information content (AvgIpc) is 2.78. The predicted octanol–water partition coefficient (Wildman–Crippen LogP) is 2.83. The number of pyridine rings is 2. The van der Waals surface area contributed by atoms with Gasteiger partial charge >= 0.3 is 0 Å². The van der Waals surface area contributed by atoms with Crippen molar-refractivity contribution in [2.75, 3.05) is 34.3 Å². The number of benzene rings is 1. The third kappa shape index (κ3) is 7.33. The molecule has 0 aliphatic heterocycles. The number of hydrazine groups is 1. The zero-order valence-corrected chi connectivity index (χ0v) is 19.2. The highest BCUT2D eigenvalue weighted by molar-refractivity contribution is 5.87. The van der Waals surface area contributed by atoms with Crippen molar-refractivity contribution in [2.45, 2.75) is 13.3 Å². The van der Waals surface area contributed by atoms with Crippen molar-refractivity contribution in [1.29, 1.82) is 0 Å². The van der Waals surface area contributed by atoms with E-state index < -0.39 is 0 Å². The van der Waals surface area contributed by atoms with E-state index in [9.17, 15) is 4.79 Å². The molecule has 0 unspecified atom stereocenters. The van der Waals surface area contributed by atoms with E-state index in [0.717, 1.165) is 48.0 Å². The van der Waals surface area contributed by atoms with E-state index in [1.807, 2.05) is 57.4 Å². The molecule has 3 aromatic rings. The lowest BCUT2D eigenvalue weighted by Gasteiger charge is -2.17. The Morgan fingerprint density at radius 1 is 1.12 bits per heavy atom. The van der Waals surface area contributed by atoms with E-state index in [0.29, 0.717) is 17.1 Å². The van der Waals surface area contributed by atoms with Gasteiger partial charge in [0.25, 0.3) is 0 Å². The minimum Gasteiger partial charge on any atom is -0.481 e. The molecule has 0 spiro atoms. The Labute approximate surface area is 189 Å². The smallest absolute Gasteiger partial charge is 0.213 e. The Hall–Kier alpha value is -3.49. The second kappa shape index (κ2) is 12.4. The van der Waals surface area contributed by atoms with Crippen LogP contribution < -0.4 is 16.3 Å². The Morgan fingerprint density at radius 3 is 2.50 bits per heavy atom. The van der Waals surface area contributed by atoms with Gasteiger partial charge in [-0.3, -0.25) is 9.78 Å². The number of carbonyl (C=O) groups excluding carboxylic acids is 1. The van der Waals surface area contributed by atoms with Crippen LogP contribution in [0.4, 0.5) is 0 Å². The molecular weight excluding hydrogens is 404 g/mol. The average molecular weight is 437 g/mol. The molecule has 0 aliphatic carbocycles. The van der Waals surface area contributed by atoms with Crippen LogP contribution in [0.2, 0.25) is 0 Å². The van der Waals surface area contributed by atoms with E-state index in [1.165, 1.54) is 0 Å². The summed E-state index contributed by atoms with van der Waals surface area (Å²) < 4.78 is 5.17. The number of ether oxygens (including phenoxy) is 1. The fourth-order valence-electron chi connectivity index (χ4n) is 2.96. The molecule has 0 amide bonds. The fourth-order valence-corrected chi connectivity index (χ4v) is 2.96. The van der Waals surface area contributed by atoms with Crippen LogP contribution in [0.3, 0.4) is 0 Å². The van der Waals surface area contributed by atoms with Crippen molar-refractivity contribution in [3.05, 3.63) is 71.6 Å². The first-order chi connectivity index (χ1) is 15.3. The van der Waals surface area contributed by atoms with Crippen molar-refractivity contribution in [2.24, 2.45) is 11.6 Å². The number of carbonyl (C=O) groups is 1. The van der Waals surface area contributed by atoms with Crippen LogP contribution in [0, 0.1) is 6.92 Å². The van der Waals surface area contributed by atoms with Gasteiger partial charge in [0.1, 0.15) is 11.8 Å². The number of hydrogen-bond acceptors (Lipinski definition) is 8. The summed E-state index contributed by atoms with van der Waals surface area (Å²) in [4.78, 5) is 21.1. The zero-order valence-electron chi connectivity index (χ0n) is 19.2. The molecule has 0 aliphatic rings. The van der Waals surface area contributed by atoms with E-state index >= 15 is 0 Å². The first-order valence-electron chi connectivity index (χ1n) is 10.3. The number of fused-ring (bicyclic) bond motifs is 1. The third-order valence-corrected chi connectivity index (χ3v) is 4.72. The van der Waals surface area contributed by atoms with Gasteiger partial charge in [-0.1, -0.05) is 24.3 Å². The van der Waals surface area contributed by atoms with Gasteiger partial charge < -0.3 is 20.4 Å². The minimum absolute atomic E-state index is 0.523. The van der Waals surface area contributed by atoms with Crippen LogP contribution in [0.1, 0.15) is 27.9 Å². The van der Waals surface area contributed by atoms with Crippen molar-refractivity contribution < 1.29 is 9.53 Å². The molecule has 2 aromatic heterocycles. The Balaban J connectivity index is 0.000000336. The number of rotatable bonds is 8. The van der Waals surface area contributed by atoms with Gasteiger partial charge in [0.05, 0.1) is 18.3 Å². The fraction of sp³-hybridized carbons (Fsp3) is 0.292. The molecule has 0 radical (unpaired) electrons. The highest BCUT2D eigenvalue weighted by Crippen LogP contribution is 2.21. The summed E-state index contributed by atoms with van der Waals surface area (Å²) >= 11 is 0. The molecule has 32 heavy (non-hydrogen) atoms. The number of aromatic nitrogens is 2. The maximum Gasteiger partial charge on any atom is 0.213 e. The van der Waals surface area contributed by atoms with E-state index in [2.05, 4.69) is 14.9 Å². The molecule has 0 bridgehead atoms. The quantitative estimate of drug-likeness (QED) is 0.315. The van der Waals surface area contributed by atoms with Gasteiger partial charge in [-0.2, -0.15) is 0 Å². The largest absolute Gasteiger partial charge is 0.481 e. The first kappa shape index (κ1) is 24.8. The summed E-state index contributed by atoms with van der Waals surface area (Å²) in [5.74, 6) is 6.52. The Morgan fingerprint density at radius 2 is 1.88 bits per heavy atom. The van der Waals surface area contributed by atoms with Gasteiger partial charge in [-0.25, -0.2) is 10.8 Å². The van der Waals surface area contributed by atoms with Crippen LogP contribution in [0.25, 0.3) is 16.7 Å². The standard InChI is InChI=1S/C16H24N6O.C8H8O/c1-21(2)9-4-10-22(18)11-13(17)12-7-8-19-14-5-6-15(23-3)20-16(12)14;1-7-4-2-3-5-8(7)6-9/h5-8,11H,4,9-10,17-18H2,1-3H3;2-6H,1H3/b13-11-;. The zero-order chi connectivity index (χ0) is 23.5. The normalized spacial score (nSPS) is 11.1. The lowest BCUT2D eigenvalue weighted by Crippen LogP contribution is -2.29. The Bertz CT molecular complexity index is 1050. The number of methoxy groups -OCH3 is 1. The van der Waals surface area contributed by atoms with Crippen LogP contribution in [-0.2, 0) is 0 Å². The van der Waals surface area contributed by atoms with E-state index in [-0.39, 0.29) is 0 Å². The highest BCUT2D eigenvalue weighted by atomic mass is 16.5. The van der Waals surface area contributed by atoms with Crippen LogP contribution in [-0.4, -0.2) is 60.5 Å². The molecule has 4 N–H and O–H groups in total. The molecule has 3 rings (SSSR count). The van der Waals surface area contributed by atoms with Gasteiger partial charge in [-0.15, -0.1) is 0 Å². The number of nitrogens with two attached hydrogens (primary N) is 2. The lowest BCUT2D eigenvalue weighted by atomic mass is 10.1. The van der Waals surface area contributed by atoms with Crippen LogP contribution in [0.15, 0.2) is 54.9 Å². The Kier molecular flexibility index (Phi) is 9.59. The summed E-state index contributed by atoms with van der Waals surface area (Å²) in [6.07, 6.45) is 5.26. The summed E-state index contributed by atoms with van der Waals surface area (Å²) in [5.41, 5.74) is 10.8. The van der Waals surface area contributed by atoms with E-state index in [1.54, 1.807) is 30.6 Å². The monoisotopic (exact) mass is 436 g/mol. The van der Waals surface area contributed by atoms with Gasteiger partial charge in [-0.05, 0) is 51.7 Å². The number of aryl methyl sites for hydroxylation is 1. The molecule has 0 saturated carbocycles.